The van der Waals surface area contributed by atoms with Gasteiger partial charge in [-0.3, -0.25) is 9.69 Å². The van der Waals surface area contributed by atoms with Gasteiger partial charge in [0.25, 0.3) is 0 Å². The van der Waals surface area contributed by atoms with Crippen molar-refractivity contribution in [1.29, 1.82) is 0 Å². The molecule has 0 unspecified atom stereocenters. The summed E-state index contributed by atoms with van der Waals surface area (Å²) in [6, 6.07) is 2.20. The first-order valence-electron chi connectivity index (χ1n) is 7.09. The fourth-order valence-corrected chi connectivity index (χ4v) is 2.77. The lowest BCUT2D eigenvalue weighted by atomic mass is 10.1. The minimum atomic E-state index is -0.650. The number of piperazine rings is 1. The van der Waals surface area contributed by atoms with E-state index in [1.807, 2.05) is 0 Å². The molecule has 1 saturated carbocycles. The van der Waals surface area contributed by atoms with Crippen LogP contribution < -0.4 is 4.90 Å². The Labute approximate surface area is 117 Å². The number of halogens is 2. The van der Waals surface area contributed by atoms with Crippen molar-refractivity contribution >= 4 is 12.0 Å². The Hall–Kier alpha value is -1.49. The van der Waals surface area contributed by atoms with Crippen LogP contribution in [-0.2, 0) is 0 Å². The van der Waals surface area contributed by atoms with Crippen molar-refractivity contribution in [3.63, 3.8) is 0 Å². The Morgan fingerprint density at radius 1 is 1.10 bits per heavy atom. The second-order valence-corrected chi connectivity index (χ2v) is 5.68. The van der Waals surface area contributed by atoms with Gasteiger partial charge in [0.05, 0.1) is 0 Å². The SMILES string of the molecule is O=Cc1cc(F)c(N2CCN(CC3CC3)CC2)c(F)c1. The van der Waals surface area contributed by atoms with E-state index in [0.29, 0.717) is 19.4 Å². The zero-order valence-electron chi connectivity index (χ0n) is 11.3. The van der Waals surface area contributed by atoms with E-state index in [1.54, 1.807) is 4.90 Å². The van der Waals surface area contributed by atoms with E-state index in [9.17, 15) is 13.6 Å². The van der Waals surface area contributed by atoms with Crippen LogP contribution in [0.15, 0.2) is 12.1 Å². The molecule has 3 nitrogen and oxygen atoms in total. The minimum absolute atomic E-state index is 0.00155. The lowest BCUT2D eigenvalue weighted by molar-refractivity contribution is 0.112. The molecule has 0 N–H and O–H groups in total. The Bertz CT molecular complexity index is 486. The second-order valence-electron chi connectivity index (χ2n) is 5.68. The Balaban J connectivity index is 1.69. The van der Waals surface area contributed by atoms with E-state index in [1.165, 1.54) is 12.8 Å². The van der Waals surface area contributed by atoms with Gasteiger partial charge in [-0.05, 0) is 30.9 Å². The standard InChI is InChI=1S/C15H18F2N2O/c16-13-7-12(10-20)8-14(17)15(13)19-5-3-18(4-6-19)9-11-1-2-11/h7-8,10-11H,1-6,9H2. The Morgan fingerprint density at radius 3 is 2.20 bits per heavy atom. The highest BCUT2D eigenvalue weighted by Gasteiger charge is 2.28. The van der Waals surface area contributed by atoms with E-state index in [0.717, 1.165) is 37.7 Å². The van der Waals surface area contributed by atoms with Crippen molar-refractivity contribution in [2.75, 3.05) is 37.6 Å². The highest BCUT2D eigenvalue weighted by Crippen LogP contribution is 2.31. The van der Waals surface area contributed by atoms with Crippen LogP contribution in [0.4, 0.5) is 14.5 Å². The van der Waals surface area contributed by atoms with Crippen LogP contribution >= 0.6 is 0 Å². The molecule has 2 aliphatic rings. The third kappa shape index (κ3) is 2.82. The molecule has 3 rings (SSSR count). The fourth-order valence-electron chi connectivity index (χ4n) is 2.77. The molecule has 2 fully saturated rings. The van der Waals surface area contributed by atoms with Crippen LogP contribution in [0.5, 0.6) is 0 Å². The molecule has 1 aromatic rings. The molecule has 1 aliphatic heterocycles. The fraction of sp³-hybridized carbons (Fsp3) is 0.533. The predicted octanol–water partition coefficient (Wildman–Crippen LogP) is 2.31. The molecule has 1 aliphatic carbocycles. The zero-order valence-corrected chi connectivity index (χ0v) is 11.3. The first-order chi connectivity index (χ1) is 9.67. The molecule has 1 saturated heterocycles. The van der Waals surface area contributed by atoms with Gasteiger partial charge in [-0.25, -0.2) is 8.78 Å². The van der Waals surface area contributed by atoms with Gasteiger partial charge in [0, 0.05) is 38.3 Å². The van der Waals surface area contributed by atoms with Gasteiger partial charge in [-0.2, -0.15) is 0 Å². The average molecular weight is 280 g/mol. The summed E-state index contributed by atoms with van der Waals surface area (Å²) < 4.78 is 27.9. The van der Waals surface area contributed by atoms with Crippen LogP contribution in [-0.4, -0.2) is 43.9 Å². The summed E-state index contributed by atoms with van der Waals surface area (Å²) in [4.78, 5) is 14.7. The van der Waals surface area contributed by atoms with E-state index >= 15 is 0 Å². The summed E-state index contributed by atoms with van der Waals surface area (Å²) in [6.07, 6.45) is 3.09. The maximum Gasteiger partial charge on any atom is 0.150 e. The van der Waals surface area contributed by atoms with Gasteiger partial charge < -0.3 is 4.90 Å². The van der Waals surface area contributed by atoms with Gasteiger partial charge >= 0.3 is 0 Å². The van der Waals surface area contributed by atoms with Crippen LogP contribution in [0.1, 0.15) is 23.2 Å². The number of hydrogen-bond donors (Lipinski definition) is 0. The first-order valence-corrected chi connectivity index (χ1v) is 7.09. The lowest BCUT2D eigenvalue weighted by Crippen LogP contribution is -2.47. The lowest BCUT2D eigenvalue weighted by Gasteiger charge is -2.36. The van der Waals surface area contributed by atoms with E-state index < -0.39 is 11.6 Å². The van der Waals surface area contributed by atoms with Crippen LogP contribution in [0.25, 0.3) is 0 Å². The molecule has 0 atom stereocenters. The van der Waals surface area contributed by atoms with Crippen LogP contribution in [0.3, 0.4) is 0 Å². The number of hydrogen-bond acceptors (Lipinski definition) is 3. The van der Waals surface area contributed by atoms with Crippen molar-refractivity contribution in [2.45, 2.75) is 12.8 Å². The van der Waals surface area contributed by atoms with Gasteiger partial charge in [0.15, 0.2) is 0 Å². The molecule has 20 heavy (non-hydrogen) atoms. The largest absolute Gasteiger partial charge is 0.364 e. The van der Waals surface area contributed by atoms with Crippen molar-refractivity contribution in [2.24, 2.45) is 5.92 Å². The Morgan fingerprint density at radius 2 is 1.70 bits per heavy atom. The average Bonchev–Trinajstić information content (AvgIpc) is 3.23. The van der Waals surface area contributed by atoms with Crippen molar-refractivity contribution in [1.82, 2.24) is 4.90 Å². The molecule has 0 bridgehead atoms. The zero-order chi connectivity index (χ0) is 14.1. The van der Waals surface area contributed by atoms with E-state index in [-0.39, 0.29) is 11.3 Å². The van der Waals surface area contributed by atoms with E-state index in [2.05, 4.69) is 4.90 Å². The summed E-state index contributed by atoms with van der Waals surface area (Å²) in [6.45, 7) is 4.04. The number of rotatable bonds is 4. The minimum Gasteiger partial charge on any atom is -0.364 e. The molecule has 0 aromatic heterocycles. The first kappa shape index (κ1) is 13.5. The number of aldehydes is 1. The van der Waals surface area contributed by atoms with Gasteiger partial charge in [-0.1, -0.05) is 0 Å². The van der Waals surface area contributed by atoms with Gasteiger partial charge in [0.1, 0.15) is 23.6 Å². The van der Waals surface area contributed by atoms with Crippen molar-refractivity contribution in [3.8, 4) is 0 Å². The second kappa shape index (κ2) is 5.48. The number of carbonyl (C=O) groups is 1. The molecule has 5 heteroatoms. The summed E-state index contributed by atoms with van der Waals surface area (Å²) in [5.74, 6) is -0.465. The molecular formula is C15H18F2N2O. The van der Waals surface area contributed by atoms with Crippen LogP contribution in [0.2, 0.25) is 0 Å². The third-order valence-electron chi connectivity index (χ3n) is 4.08. The number of carbonyl (C=O) groups excluding carboxylic acids is 1. The van der Waals surface area contributed by atoms with Crippen molar-refractivity contribution < 1.29 is 13.6 Å². The number of anilines is 1. The highest BCUT2D eigenvalue weighted by molar-refractivity contribution is 5.76. The number of nitrogens with zero attached hydrogens (tertiary/aromatic N) is 2. The third-order valence-corrected chi connectivity index (χ3v) is 4.08. The Kier molecular flexibility index (Phi) is 3.70. The topological polar surface area (TPSA) is 23.6 Å². The monoisotopic (exact) mass is 280 g/mol. The van der Waals surface area contributed by atoms with Crippen LogP contribution in [0, 0.1) is 17.6 Å². The van der Waals surface area contributed by atoms with E-state index in [4.69, 9.17) is 0 Å². The molecule has 0 radical (unpaired) electrons. The molecule has 0 amide bonds. The summed E-state index contributed by atoms with van der Waals surface area (Å²) in [5.41, 5.74) is 0.0396. The maximum absolute atomic E-state index is 13.9. The molecule has 1 heterocycles. The van der Waals surface area contributed by atoms with Gasteiger partial charge in [0.2, 0.25) is 0 Å². The predicted molar refractivity (Wildman–Crippen MR) is 73.1 cm³/mol. The molecule has 0 spiro atoms. The highest BCUT2D eigenvalue weighted by atomic mass is 19.1. The van der Waals surface area contributed by atoms with Gasteiger partial charge in [-0.15, -0.1) is 0 Å². The summed E-state index contributed by atoms with van der Waals surface area (Å²) in [7, 11) is 0. The smallest absolute Gasteiger partial charge is 0.150 e. The molecule has 108 valence electrons. The normalized spacial score (nSPS) is 20.2. The molecule has 1 aromatic carbocycles. The maximum atomic E-state index is 13.9. The summed E-state index contributed by atoms with van der Waals surface area (Å²) >= 11 is 0. The molecular weight excluding hydrogens is 262 g/mol. The summed E-state index contributed by atoms with van der Waals surface area (Å²) in [5, 5.41) is 0. The van der Waals surface area contributed by atoms with Crippen molar-refractivity contribution in [3.05, 3.63) is 29.3 Å². The number of benzene rings is 1. The quantitative estimate of drug-likeness (QED) is 0.791.